The van der Waals surface area contributed by atoms with E-state index in [1.54, 1.807) is 7.05 Å². The second kappa shape index (κ2) is 2.61. The number of nitrogens with zero attached hydrogens (tertiary/aromatic N) is 1. The molecule has 1 rings (SSSR count). The molecule has 2 N–H and O–H groups in total. The highest BCUT2D eigenvalue weighted by molar-refractivity contribution is 5.69. The molecule has 0 aromatic carbocycles. The third-order valence-corrected chi connectivity index (χ3v) is 1.26. The maximum Gasteiger partial charge on any atom is 0.308 e. The molecule has 0 amide bonds. The van der Waals surface area contributed by atoms with Crippen molar-refractivity contribution in [2.24, 2.45) is 7.05 Å². The topological polar surface area (TPSA) is 75.1 Å². The van der Waals surface area contributed by atoms with E-state index in [9.17, 15) is 9.59 Å². The van der Waals surface area contributed by atoms with Crippen LogP contribution in [-0.4, -0.2) is 20.9 Å². The molecule has 0 unspecified atom stereocenters. The summed E-state index contributed by atoms with van der Waals surface area (Å²) in [6.45, 7) is 0. The van der Waals surface area contributed by atoms with E-state index in [2.05, 4.69) is 5.10 Å². The van der Waals surface area contributed by atoms with E-state index < -0.39 is 5.97 Å². The molecular weight excluding hydrogens is 148 g/mol. The van der Waals surface area contributed by atoms with Gasteiger partial charge in [-0.1, -0.05) is 0 Å². The molecular formula is C6H8N2O3. The van der Waals surface area contributed by atoms with Gasteiger partial charge in [-0.3, -0.25) is 19.4 Å². The molecule has 1 aromatic rings. The summed E-state index contributed by atoms with van der Waals surface area (Å²) in [6, 6.07) is 0. The Morgan fingerprint density at radius 3 is 2.82 bits per heavy atom. The molecule has 5 heteroatoms. The van der Waals surface area contributed by atoms with E-state index in [0.717, 1.165) is 0 Å². The van der Waals surface area contributed by atoms with Gasteiger partial charge < -0.3 is 5.11 Å². The summed E-state index contributed by atoms with van der Waals surface area (Å²) in [7, 11) is 1.63. The van der Waals surface area contributed by atoms with Gasteiger partial charge in [-0.2, -0.15) is 0 Å². The van der Waals surface area contributed by atoms with Gasteiger partial charge in [0.15, 0.2) is 0 Å². The van der Waals surface area contributed by atoms with Crippen molar-refractivity contribution in [1.82, 2.24) is 9.78 Å². The van der Waals surface area contributed by atoms with Crippen LogP contribution in [0.25, 0.3) is 0 Å². The molecule has 0 radical (unpaired) electrons. The fourth-order valence-corrected chi connectivity index (χ4v) is 0.845. The maximum absolute atomic E-state index is 10.8. The van der Waals surface area contributed by atoms with Crippen LogP contribution in [0.5, 0.6) is 0 Å². The summed E-state index contributed by atoms with van der Waals surface area (Å²) in [5.74, 6) is -0.998. The Morgan fingerprint density at radius 1 is 1.82 bits per heavy atom. The van der Waals surface area contributed by atoms with Gasteiger partial charge in [0.1, 0.15) is 0 Å². The SMILES string of the molecule is Cn1cc(CC(=O)O)c(=O)[nH]1. The van der Waals surface area contributed by atoms with Crippen molar-refractivity contribution in [3.8, 4) is 0 Å². The molecule has 1 heterocycles. The van der Waals surface area contributed by atoms with E-state index in [0.29, 0.717) is 0 Å². The van der Waals surface area contributed by atoms with Gasteiger partial charge in [-0.05, 0) is 0 Å². The first-order chi connectivity index (χ1) is 5.09. The average molecular weight is 156 g/mol. The van der Waals surface area contributed by atoms with Crippen molar-refractivity contribution in [3.05, 3.63) is 22.1 Å². The second-order valence-corrected chi connectivity index (χ2v) is 2.28. The van der Waals surface area contributed by atoms with Gasteiger partial charge in [-0.15, -0.1) is 0 Å². The lowest BCUT2D eigenvalue weighted by molar-refractivity contribution is -0.136. The van der Waals surface area contributed by atoms with Gasteiger partial charge in [-0.25, -0.2) is 0 Å². The van der Waals surface area contributed by atoms with E-state index in [1.807, 2.05) is 0 Å². The standard InChI is InChI=1S/C6H8N2O3/c1-8-3-4(2-5(9)10)6(11)7-8/h3H,2H2,1H3,(H,7,11)(H,9,10). The van der Waals surface area contributed by atoms with Crippen LogP contribution in [0.1, 0.15) is 5.56 Å². The number of aromatic nitrogens is 2. The Bertz CT molecular complexity index is 323. The third-order valence-electron chi connectivity index (χ3n) is 1.26. The molecule has 0 saturated carbocycles. The van der Waals surface area contributed by atoms with E-state index >= 15 is 0 Å². The number of aliphatic carboxylic acids is 1. The average Bonchev–Trinajstić information content (AvgIpc) is 2.09. The Morgan fingerprint density at radius 2 is 2.45 bits per heavy atom. The van der Waals surface area contributed by atoms with Crippen LogP contribution in [0.3, 0.4) is 0 Å². The van der Waals surface area contributed by atoms with Crippen molar-refractivity contribution in [1.29, 1.82) is 0 Å². The first-order valence-electron chi connectivity index (χ1n) is 3.06. The van der Waals surface area contributed by atoms with Crippen LogP contribution >= 0.6 is 0 Å². The zero-order chi connectivity index (χ0) is 8.43. The van der Waals surface area contributed by atoms with Gasteiger partial charge in [0.05, 0.1) is 6.42 Å². The molecule has 5 nitrogen and oxygen atoms in total. The van der Waals surface area contributed by atoms with Crippen molar-refractivity contribution in [3.63, 3.8) is 0 Å². The fraction of sp³-hybridized carbons (Fsp3) is 0.333. The van der Waals surface area contributed by atoms with Crippen molar-refractivity contribution in [2.75, 3.05) is 0 Å². The predicted molar refractivity (Wildman–Crippen MR) is 37.4 cm³/mol. The highest BCUT2D eigenvalue weighted by Crippen LogP contribution is 1.89. The third kappa shape index (κ3) is 1.70. The predicted octanol–water partition coefficient (Wildman–Crippen LogP) is -0.660. The number of rotatable bonds is 2. The molecule has 0 aliphatic rings. The monoisotopic (exact) mass is 156 g/mol. The smallest absolute Gasteiger partial charge is 0.308 e. The number of carbonyl (C=O) groups is 1. The van der Waals surface area contributed by atoms with Crippen molar-refractivity contribution >= 4 is 5.97 Å². The van der Waals surface area contributed by atoms with Gasteiger partial charge in [0.25, 0.3) is 5.56 Å². The Labute approximate surface area is 62.3 Å². The van der Waals surface area contributed by atoms with Gasteiger partial charge in [0.2, 0.25) is 0 Å². The number of aromatic amines is 1. The summed E-state index contributed by atoms with van der Waals surface area (Å²) in [5.41, 5.74) is -0.0603. The minimum absolute atomic E-state index is 0.226. The number of carboxylic acid groups (broad SMARTS) is 1. The molecule has 60 valence electrons. The molecule has 0 bridgehead atoms. The summed E-state index contributed by atoms with van der Waals surface area (Å²) in [4.78, 5) is 21.0. The van der Waals surface area contributed by atoms with Crippen LogP contribution in [-0.2, 0) is 18.3 Å². The maximum atomic E-state index is 10.8. The van der Waals surface area contributed by atoms with Crippen LogP contribution < -0.4 is 5.56 Å². The quantitative estimate of drug-likeness (QED) is 0.596. The zero-order valence-electron chi connectivity index (χ0n) is 6.00. The number of hydrogen-bond donors (Lipinski definition) is 2. The zero-order valence-corrected chi connectivity index (χ0v) is 6.00. The summed E-state index contributed by atoms with van der Waals surface area (Å²) in [6.07, 6.45) is 1.24. The Kier molecular flexibility index (Phi) is 1.80. The lowest BCUT2D eigenvalue weighted by Gasteiger charge is -1.85. The van der Waals surface area contributed by atoms with Crippen LogP contribution in [0.2, 0.25) is 0 Å². The molecule has 0 spiro atoms. The first-order valence-corrected chi connectivity index (χ1v) is 3.06. The lowest BCUT2D eigenvalue weighted by atomic mass is 10.2. The molecule has 1 aromatic heterocycles. The number of carboxylic acids is 1. The van der Waals surface area contributed by atoms with E-state index in [4.69, 9.17) is 5.11 Å². The van der Waals surface area contributed by atoms with E-state index in [1.165, 1.54) is 10.9 Å². The van der Waals surface area contributed by atoms with Crippen molar-refractivity contribution in [2.45, 2.75) is 6.42 Å². The lowest BCUT2D eigenvalue weighted by Crippen LogP contribution is -2.10. The number of H-pyrrole nitrogens is 1. The first kappa shape index (κ1) is 7.59. The number of aryl methyl sites for hydroxylation is 1. The summed E-state index contributed by atoms with van der Waals surface area (Å²) >= 11 is 0. The normalized spacial score (nSPS) is 9.91. The summed E-state index contributed by atoms with van der Waals surface area (Å²) < 4.78 is 1.43. The van der Waals surface area contributed by atoms with E-state index in [-0.39, 0.29) is 17.5 Å². The van der Waals surface area contributed by atoms with Crippen LogP contribution in [0.4, 0.5) is 0 Å². The number of hydrogen-bond acceptors (Lipinski definition) is 2. The summed E-state index contributed by atoms with van der Waals surface area (Å²) in [5, 5.41) is 10.7. The van der Waals surface area contributed by atoms with Crippen LogP contribution in [0.15, 0.2) is 11.0 Å². The minimum Gasteiger partial charge on any atom is -0.481 e. The van der Waals surface area contributed by atoms with Crippen LogP contribution in [0, 0.1) is 0 Å². The fourth-order valence-electron chi connectivity index (χ4n) is 0.845. The molecule has 0 saturated heterocycles. The highest BCUT2D eigenvalue weighted by Gasteiger charge is 2.05. The molecule has 0 aliphatic heterocycles. The Hall–Kier alpha value is -1.52. The molecule has 0 atom stereocenters. The Balaban J connectivity index is 2.95. The highest BCUT2D eigenvalue weighted by atomic mass is 16.4. The second-order valence-electron chi connectivity index (χ2n) is 2.28. The van der Waals surface area contributed by atoms with Crippen molar-refractivity contribution < 1.29 is 9.90 Å². The minimum atomic E-state index is -0.998. The largest absolute Gasteiger partial charge is 0.481 e. The molecule has 0 aliphatic carbocycles. The van der Waals surface area contributed by atoms with Gasteiger partial charge in [0, 0.05) is 18.8 Å². The molecule has 0 fully saturated rings. The van der Waals surface area contributed by atoms with Gasteiger partial charge >= 0.3 is 5.97 Å². The number of nitrogens with one attached hydrogen (secondary N) is 1. The molecule has 11 heavy (non-hydrogen) atoms.